The van der Waals surface area contributed by atoms with Gasteiger partial charge in [0, 0.05) is 63.0 Å². The van der Waals surface area contributed by atoms with Crippen LogP contribution in [0.25, 0.3) is 51.4 Å². The largest absolute Gasteiger partial charge is 0.466 e. The van der Waals surface area contributed by atoms with Crippen molar-refractivity contribution in [2.75, 3.05) is 13.2 Å². The zero-order valence-electron chi connectivity index (χ0n) is 29.7. The van der Waals surface area contributed by atoms with Gasteiger partial charge in [-0.1, -0.05) is 25.0 Å². The first-order valence-electron chi connectivity index (χ1n) is 17.8. The van der Waals surface area contributed by atoms with Gasteiger partial charge in [0.1, 0.15) is 11.0 Å². The van der Waals surface area contributed by atoms with E-state index in [1.54, 1.807) is 0 Å². The fraction of sp³-hybridized carbons (Fsp3) is 0.400. The van der Waals surface area contributed by atoms with Crippen molar-refractivity contribution in [3.05, 3.63) is 69.4 Å². The molecule has 11 heteroatoms. The number of hydrogen-bond donors (Lipinski definition) is 0. The van der Waals surface area contributed by atoms with Crippen LogP contribution in [0.3, 0.4) is 0 Å². The number of hydrogen-bond acceptors (Lipinski definition) is 11. The van der Waals surface area contributed by atoms with Crippen LogP contribution in [0, 0.1) is 13.8 Å². The Morgan fingerprint density at radius 3 is 1.43 bits per heavy atom. The standard InChI is InChI=1S/C40H44N2O4S5/c1-5-45-35(43)15-11-7-9-13-27-23-25(3)47-39(27)33-21-19-31(49-33)29-17-18-30(38-37(29)41-51-42-38)32-20-22-34(50-32)40-28(24-26(4)48-40)14-10-8-12-16-36(44)46-6-2/h17-24H,5-16H2,1-4H3. The maximum absolute atomic E-state index is 11.7. The lowest BCUT2D eigenvalue weighted by molar-refractivity contribution is -0.144. The van der Waals surface area contributed by atoms with E-state index < -0.39 is 0 Å². The number of carbonyl (C=O) groups excluding carboxylic acids is 2. The van der Waals surface area contributed by atoms with E-state index in [1.807, 2.05) is 59.2 Å². The third-order valence-corrected chi connectivity index (χ3v) is 14.0. The summed E-state index contributed by atoms with van der Waals surface area (Å²) in [7, 11) is 0. The van der Waals surface area contributed by atoms with Gasteiger partial charge in [-0.2, -0.15) is 8.75 Å². The lowest BCUT2D eigenvalue weighted by Crippen LogP contribution is -2.03. The Balaban J connectivity index is 1.15. The summed E-state index contributed by atoms with van der Waals surface area (Å²) in [6.45, 7) is 8.97. The molecule has 6 rings (SSSR count). The number of thiophene rings is 4. The number of rotatable bonds is 18. The average molecular weight is 777 g/mol. The van der Waals surface area contributed by atoms with Crippen molar-refractivity contribution in [1.82, 2.24) is 8.75 Å². The van der Waals surface area contributed by atoms with E-state index >= 15 is 0 Å². The SMILES string of the molecule is CCOC(=O)CCCCCc1cc(C)sc1-c1ccc(-c2ccc(-c3ccc(-c4sc(C)cc4CCCCCC(=O)OCC)s3)c3nsnc23)s1. The number of unbranched alkanes of at least 4 members (excludes halogenated alkanes) is 4. The van der Waals surface area contributed by atoms with Crippen LogP contribution in [0.2, 0.25) is 0 Å². The van der Waals surface area contributed by atoms with E-state index in [0.717, 1.165) is 73.5 Å². The van der Waals surface area contributed by atoms with Crippen molar-refractivity contribution in [2.45, 2.75) is 91.9 Å². The lowest BCUT2D eigenvalue weighted by Gasteiger charge is -2.05. The molecule has 0 amide bonds. The molecular weight excluding hydrogens is 733 g/mol. The topological polar surface area (TPSA) is 78.4 Å². The van der Waals surface area contributed by atoms with Gasteiger partial charge in [-0.25, -0.2) is 0 Å². The molecule has 5 aromatic heterocycles. The number of carbonyl (C=O) groups is 2. The van der Waals surface area contributed by atoms with Crippen LogP contribution in [-0.2, 0) is 31.9 Å². The summed E-state index contributed by atoms with van der Waals surface area (Å²) >= 11 is 8.66. The smallest absolute Gasteiger partial charge is 0.305 e. The number of esters is 2. The molecule has 0 atom stereocenters. The maximum Gasteiger partial charge on any atom is 0.305 e. The second-order valence-electron chi connectivity index (χ2n) is 12.6. The minimum absolute atomic E-state index is 0.0940. The van der Waals surface area contributed by atoms with E-state index in [-0.39, 0.29) is 11.9 Å². The van der Waals surface area contributed by atoms with Gasteiger partial charge in [0.15, 0.2) is 0 Å². The van der Waals surface area contributed by atoms with Crippen molar-refractivity contribution in [3.8, 4) is 40.4 Å². The first kappa shape index (κ1) is 37.5. The van der Waals surface area contributed by atoms with Crippen LogP contribution in [0.4, 0.5) is 0 Å². The highest BCUT2D eigenvalue weighted by molar-refractivity contribution is 7.24. The van der Waals surface area contributed by atoms with Crippen molar-refractivity contribution in [3.63, 3.8) is 0 Å². The monoisotopic (exact) mass is 776 g/mol. The first-order valence-corrected chi connectivity index (χ1v) is 21.8. The highest BCUT2D eigenvalue weighted by atomic mass is 32.1. The van der Waals surface area contributed by atoms with E-state index in [1.165, 1.54) is 61.9 Å². The van der Waals surface area contributed by atoms with Gasteiger partial charge in [0.25, 0.3) is 0 Å². The summed E-state index contributed by atoms with van der Waals surface area (Å²) in [5.41, 5.74) is 6.96. The molecule has 0 aliphatic heterocycles. The third-order valence-electron chi connectivity index (χ3n) is 8.73. The van der Waals surface area contributed by atoms with Crippen LogP contribution in [0.5, 0.6) is 0 Å². The molecule has 0 bridgehead atoms. The van der Waals surface area contributed by atoms with Gasteiger partial charge < -0.3 is 9.47 Å². The molecule has 0 fully saturated rings. The fourth-order valence-corrected chi connectivity index (χ4v) is 11.4. The summed E-state index contributed by atoms with van der Waals surface area (Å²) in [5, 5.41) is 0. The van der Waals surface area contributed by atoms with E-state index in [2.05, 4.69) is 62.4 Å². The van der Waals surface area contributed by atoms with Gasteiger partial charge in [0.05, 0.1) is 24.9 Å². The molecule has 6 nitrogen and oxygen atoms in total. The van der Waals surface area contributed by atoms with Crippen molar-refractivity contribution < 1.29 is 19.1 Å². The Kier molecular flexibility index (Phi) is 13.3. The number of ether oxygens (including phenoxy) is 2. The molecule has 0 unspecified atom stereocenters. The average Bonchev–Trinajstić information content (AvgIpc) is 3.95. The quantitative estimate of drug-likeness (QED) is 0.0639. The lowest BCUT2D eigenvalue weighted by atomic mass is 10.0. The molecule has 0 saturated heterocycles. The predicted octanol–water partition coefficient (Wildman–Crippen LogP) is 12.6. The highest BCUT2D eigenvalue weighted by Gasteiger charge is 2.19. The minimum atomic E-state index is -0.0940. The van der Waals surface area contributed by atoms with Gasteiger partial charge in [-0.15, -0.1) is 45.3 Å². The van der Waals surface area contributed by atoms with Crippen molar-refractivity contribution >= 4 is 80.0 Å². The molecule has 5 heterocycles. The zero-order valence-corrected chi connectivity index (χ0v) is 33.8. The summed E-state index contributed by atoms with van der Waals surface area (Å²) in [4.78, 5) is 33.7. The summed E-state index contributed by atoms with van der Waals surface area (Å²) < 4.78 is 19.8. The van der Waals surface area contributed by atoms with Crippen LogP contribution in [-0.4, -0.2) is 33.9 Å². The molecule has 0 aliphatic rings. The van der Waals surface area contributed by atoms with E-state index in [4.69, 9.17) is 18.2 Å². The molecule has 0 saturated carbocycles. The first-order chi connectivity index (χ1) is 24.8. The number of nitrogens with zero attached hydrogens (tertiary/aromatic N) is 2. The summed E-state index contributed by atoms with van der Waals surface area (Å²) in [6.07, 6.45) is 8.92. The Bertz CT molecular complexity index is 1940. The van der Waals surface area contributed by atoms with Crippen LogP contribution >= 0.6 is 57.1 Å². The summed E-state index contributed by atoms with van der Waals surface area (Å²) in [5.74, 6) is -0.188. The van der Waals surface area contributed by atoms with Crippen LogP contribution in [0.15, 0.2) is 48.5 Å². The number of benzene rings is 1. The molecule has 0 radical (unpaired) electrons. The molecule has 0 N–H and O–H groups in total. The predicted molar refractivity (Wildman–Crippen MR) is 218 cm³/mol. The molecule has 0 aliphatic carbocycles. The highest BCUT2D eigenvalue weighted by Crippen LogP contribution is 2.45. The minimum Gasteiger partial charge on any atom is -0.466 e. The molecule has 51 heavy (non-hydrogen) atoms. The number of aryl methyl sites for hydroxylation is 4. The van der Waals surface area contributed by atoms with E-state index in [0.29, 0.717) is 26.1 Å². The number of aromatic nitrogens is 2. The van der Waals surface area contributed by atoms with Gasteiger partial charge >= 0.3 is 11.9 Å². The molecule has 268 valence electrons. The van der Waals surface area contributed by atoms with Crippen LogP contribution < -0.4 is 0 Å². The normalized spacial score (nSPS) is 11.5. The van der Waals surface area contributed by atoms with Gasteiger partial charge in [-0.05, 0) is 114 Å². The Morgan fingerprint density at radius 1 is 0.569 bits per heavy atom. The zero-order chi connectivity index (χ0) is 35.7. The van der Waals surface area contributed by atoms with Gasteiger partial charge in [-0.3, -0.25) is 9.59 Å². The Morgan fingerprint density at radius 2 is 1.00 bits per heavy atom. The Labute approximate surface area is 320 Å². The summed E-state index contributed by atoms with van der Waals surface area (Å²) in [6, 6.07) is 18.0. The molecule has 6 aromatic rings. The molecule has 0 spiro atoms. The second-order valence-corrected chi connectivity index (χ2v) is 17.8. The number of fused-ring (bicyclic) bond motifs is 1. The third kappa shape index (κ3) is 9.42. The molecular formula is C40H44N2O4S5. The van der Waals surface area contributed by atoms with E-state index in [9.17, 15) is 9.59 Å². The van der Waals surface area contributed by atoms with Crippen LogP contribution in [0.1, 0.15) is 86.1 Å². The second kappa shape index (κ2) is 18.0. The maximum atomic E-state index is 11.7. The fourth-order valence-electron chi connectivity index (χ4n) is 6.39. The molecule has 1 aromatic carbocycles. The van der Waals surface area contributed by atoms with Crippen molar-refractivity contribution in [2.24, 2.45) is 0 Å². The van der Waals surface area contributed by atoms with Gasteiger partial charge in [0.2, 0.25) is 0 Å². The Hall–Kier alpha value is -3.22. The van der Waals surface area contributed by atoms with Crippen molar-refractivity contribution in [1.29, 1.82) is 0 Å².